The fourth-order valence-electron chi connectivity index (χ4n) is 1.87. The van der Waals surface area contributed by atoms with E-state index in [9.17, 15) is 4.39 Å². The predicted molar refractivity (Wildman–Crippen MR) is 87.0 cm³/mol. The molecule has 0 aromatic heterocycles. The van der Waals surface area contributed by atoms with Gasteiger partial charge in [-0.05, 0) is 36.8 Å². The zero-order valence-electron chi connectivity index (χ0n) is 10.6. The summed E-state index contributed by atoms with van der Waals surface area (Å²) in [5, 5.41) is 4.26. The van der Waals surface area contributed by atoms with Gasteiger partial charge in [0.2, 0.25) is 0 Å². The van der Waals surface area contributed by atoms with Gasteiger partial charge in [-0.2, -0.15) is 0 Å². The lowest BCUT2D eigenvalue weighted by Crippen LogP contribution is -2.09. The number of hydrogen-bond donors (Lipinski definition) is 2. The Balaban J connectivity index is 2.30. The van der Waals surface area contributed by atoms with Crippen LogP contribution < -0.4 is 11.1 Å². The topological polar surface area (TPSA) is 38.0 Å². The van der Waals surface area contributed by atoms with Crippen molar-refractivity contribution in [1.29, 1.82) is 0 Å². The van der Waals surface area contributed by atoms with Gasteiger partial charge in [-0.1, -0.05) is 45.2 Å². The van der Waals surface area contributed by atoms with Crippen LogP contribution in [0.4, 0.5) is 15.8 Å². The van der Waals surface area contributed by atoms with Crippen molar-refractivity contribution >= 4 is 50.5 Å². The Morgan fingerprint density at radius 1 is 1.25 bits per heavy atom. The summed E-state index contributed by atoms with van der Waals surface area (Å²) in [7, 11) is 0. The molecule has 0 radical (unpaired) electrons. The molecule has 2 nitrogen and oxygen atoms in total. The molecule has 0 aliphatic heterocycles. The van der Waals surface area contributed by atoms with E-state index in [2.05, 4.69) is 21.2 Å². The lowest BCUT2D eigenvalue weighted by Gasteiger charge is -2.19. The highest BCUT2D eigenvalue weighted by molar-refractivity contribution is 9.10. The van der Waals surface area contributed by atoms with Gasteiger partial charge >= 0.3 is 0 Å². The third kappa shape index (κ3) is 3.37. The highest BCUT2D eigenvalue weighted by Crippen LogP contribution is 2.32. The molecule has 0 bridgehead atoms. The first-order valence-corrected chi connectivity index (χ1v) is 7.39. The van der Waals surface area contributed by atoms with Crippen LogP contribution in [0.5, 0.6) is 0 Å². The Hall–Kier alpha value is -0.970. The van der Waals surface area contributed by atoms with E-state index in [4.69, 9.17) is 28.9 Å². The van der Waals surface area contributed by atoms with E-state index in [1.54, 1.807) is 18.2 Å². The summed E-state index contributed by atoms with van der Waals surface area (Å²) in [6, 6.07) is 8.15. The van der Waals surface area contributed by atoms with Crippen LogP contribution in [0.2, 0.25) is 10.0 Å². The maximum absolute atomic E-state index is 13.6. The molecule has 6 heteroatoms. The van der Waals surface area contributed by atoms with Crippen molar-refractivity contribution in [2.75, 3.05) is 11.1 Å². The number of nitrogen functional groups attached to an aromatic ring is 1. The normalized spacial score (nSPS) is 12.2. The van der Waals surface area contributed by atoms with Gasteiger partial charge in [-0.25, -0.2) is 4.39 Å². The molecule has 0 fully saturated rings. The first kappa shape index (κ1) is 15.4. The number of rotatable bonds is 3. The SMILES string of the molecule is C[C@@H](Nc1cc(Br)cc(F)c1N)c1ccc(Cl)cc1Cl. The molecule has 2 rings (SSSR count). The molecule has 0 aliphatic rings. The zero-order chi connectivity index (χ0) is 14.9. The minimum atomic E-state index is -0.476. The van der Waals surface area contributed by atoms with E-state index in [-0.39, 0.29) is 11.7 Å². The lowest BCUT2D eigenvalue weighted by molar-refractivity contribution is 0.631. The largest absolute Gasteiger partial charge is 0.395 e. The lowest BCUT2D eigenvalue weighted by atomic mass is 10.1. The van der Waals surface area contributed by atoms with Crippen molar-refractivity contribution in [3.05, 3.63) is 56.2 Å². The Morgan fingerprint density at radius 3 is 2.60 bits per heavy atom. The smallest absolute Gasteiger partial charge is 0.149 e. The monoisotopic (exact) mass is 376 g/mol. The second kappa shape index (κ2) is 6.20. The number of anilines is 2. The van der Waals surface area contributed by atoms with Gasteiger partial charge < -0.3 is 11.1 Å². The first-order valence-electron chi connectivity index (χ1n) is 5.84. The molecule has 106 valence electrons. The predicted octanol–water partition coefficient (Wildman–Crippen LogP) is 5.65. The van der Waals surface area contributed by atoms with Crippen LogP contribution in [-0.4, -0.2) is 0 Å². The molecule has 0 heterocycles. The number of nitrogens with two attached hydrogens (primary N) is 1. The van der Waals surface area contributed by atoms with Crippen LogP contribution in [0, 0.1) is 5.82 Å². The van der Waals surface area contributed by atoms with E-state index in [1.165, 1.54) is 6.07 Å². The van der Waals surface area contributed by atoms with Crippen molar-refractivity contribution in [2.45, 2.75) is 13.0 Å². The number of hydrogen-bond acceptors (Lipinski definition) is 2. The van der Waals surface area contributed by atoms with Gasteiger partial charge in [0, 0.05) is 14.5 Å². The number of benzene rings is 2. The van der Waals surface area contributed by atoms with E-state index >= 15 is 0 Å². The second-order valence-electron chi connectivity index (χ2n) is 4.38. The van der Waals surface area contributed by atoms with Crippen LogP contribution in [0.1, 0.15) is 18.5 Å². The Labute approximate surface area is 135 Å². The summed E-state index contributed by atoms with van der Waals surface area (Å²) in [6.07, 6.45) is 0. The van der Waals surface area contributed by atoms with Gasteiger partial charge in [0.05, 0.1) is 17.4 Å². The molecular weight excluding hydrogens is 366 g/mol. The Kier molecular flexibility index (Phi) is 4.78. The quantitative estimate of drug-likeness (QED) is 0.678. The highest BCUT2D eigenvalue weighted by atomic mass is 79.9. The first-order chi connectivity index (χ1) is 9.38. The maximum Gasteiger partial charge on any atom is 0.149 e. The van der Waals surface area contributed by atoms with Gasteiger partial charge in [-0.15, -0.1) is 0 Å². The molecule has 0 saturated heterocycles. The molecule has 0 amide bonds. The molecule has 20 heavy (non-hydrogen) atoms. The highest BCUT2D eigenvalue weighted by Gasteiger charge is 2.13. The van der Waals surface area contributed by atoms with Crippen LogP contribution in [0.15, 0.2) is 34.8 Å². The third-order valence-corrected chi connectivity index (χ3v) is 3.92. The van der Waals surface area contributed by atoms with Crippen LogP contribution >= 0.6 is 39.1 Å². The van der Waals surface area contributed by atoms with Crippen molar-refractivity contribution in [1.82, 2.24) is 0 Å². The summed E-state index contributed by atoms with van der Waals surface area (Å²) in [5.74, 6) is -0.476. The fourth-order valence-corrected chi connectivity index (χ4v) is 2.87. The summed E-state index contributed by atoms with van der Waals surface area (Å²) in [6.45, 7) is 1.91. The van der Waals surface area contributed by atoms with Crippen molar-refractivity contribution < 1.29 is 4.39 Å². The van der Waals surface area contributed by atoms with E-state index < -0.39 is 5.82 Å². The molecular formula is C14H12BrCl2FN2. The summed E-state index contributed by atoms with van der Waals surface area (Å²) >= 11 is 15.3. The molecule has 2 aromatic carbocycles. The molecule has 0 spiro atoms. The zero-order valence-corrected chi connectivity index (χ0v) is 13.7. The Bertz CT molecular complexity index is 649. The van der Waals surface area contributed by atoms with E-state index in [0.717, 1.165) is 5.56 Å². The standard InChI is InChI=1S/C14H12BrCl2FN2/c1-7(10-3-2-9(16)6-11(10)17)20-13-5-8(15)4-12(18)14(13)19/h2-7,20H,19H2,1H3/t7-/m1/s1. The Morgan fingerprint density at radius 2 is 1.95 bits per heavy atom. The minimum Gasteiger partial charge on any atom is -0.395 e. The van der Waals surface area contributed by atoms with Crippen molar-refractivity contribution in [3.8, 4) is 0 Å². The van der Waals surface area contributed by atoms with Crippen LogP contribution in [0.3, 0.4) is 0 Å². The minimum absolute atomic E-state index is 0.0742. The summed E-state index contributed by atoms with van der Waals surface area (Å²) in [5.41, 5.74) is 7.17. The number of nitrogens with one attached hydrogen (secondary N) is 1. The molecule has 0 unspecified atom stereocenters. The second-order valence-corrected chi connectivity index (χ2v) is 6.14. The average molecular weight is 378 g/mol. The van der Waals surface area contributed by atoms with Crippen molar-refractivity contribution in [2.24, 2.45) is 0 Å². The van der Waals surface area contributed by atoms with E-state index in [1.807, 2.05) is 13.0 Å². The van der Waals surface area contributed by atoms with Crippen molar-refractivity contribution in [3.63, 3.8) is 0 Å². The van der Waals surface area contributed by atoms with Gasteiger partial charge in [-0.3, -0.25) is 0 Å². The summed E-state index contributed by atoms with van der Waals surface area (Å²) < 4.78 is 14.2. The molecule has 0 aliphatic carbocycles. The molecule has 2 aromatic rings. The molecule has 0 saturated carbocycles. The van der Waals surface area contributed by atoms with Gasteiger partial charge in [0.15, 0.2) is 0 Å². The van der Waals surface area contributed by atoms with E-state index in [0.29, 0.717) is 20.2 Å². The third-order valence-electron chi connectivity index (χ3n) is 2.90. The number of halogens is 4. The average Bonchev–Trinajstić information content (AvgIpc) is 2.35. The molecule has 1 atom stereocenters. The van der Waals surface area contributed by atoms with Crippen LogP contribution in [0.25, 0.3) is 0 Å². The fraction of sp³-hybridized carbons (Fsp3) is 0.143. The van der Waals surface area contributed by atoms with Crippen LogP contribution in [-0.2, 0) is 0 Å². The maximum atomic E-state index is 13.6. The molecule has 3 N–H and O–H groups in total. The summed E-state index contributed by atoms with van der Waals surface area (Å²) in [4.78, 5) is 0. The van der Waals surface area contributed by atoms with Gasteiger partial charge in [0.1, 0.15) is 5.82 Å². The van der Waals surface area contributed by atoms with Gasteiger partial charge in [0.25, 0.3) is 0 Å².